The predicted molar refractivity (Wildman–Crippen MR) is 90.3 cm³/mol. The zero-order chi connectivity index (χ0) is 16.7. The average Bonchev–Trinajstić information content (AvgIpc) is 2.98. The lowest BCUT2D eigenvalue weighted by molar-refractivity contribution is -0.118. The number of hydrazone groups is 1. The Morgan fingerprint density at radius 2 is 2.17 bits per heavy atom. The number of thioether (sulfide) groups is 1. The van der Waals surface area contributed by atoms with Gasteiger partial charge in [-0.15, -0.1) is 10.2 Å². The van der Waals surface area contributed by atoms with Crippen LogP contribution < -0.4 is 20.6 Å². The summed E-state index contributed by atoms with van der Waals surface area (Å²) >= 11 is 2.48. The van der Waals surface area contributed by atoms with E-state index in [0.29, 0.717) is 21.0 Å². The second-order valence-electron chi connectivity index (χ2n) is 4.10. The summed E-state index contributed by atoms with van der Waals surface area (Å²) in [4.78, 5) is 11.7. The molecule has 1 aromatic carbocycles. The second kappa shape index (κ2) is 8.34. The first-order valence-corrected chi connectivity index (χ1v) is 8.18. The van der Waals surface area contributed by atoms with Gasteiger partial charge in [0.05, 0.1) is 26.2 Å². The number of ether oxygens (including phenoxy) is 2. The van der Waals surface area contributed by atoms with Crippen molar-refractivity contribution in [2.24, 2.45) is 5.10 Å². The van der Waals surface area contributed by atoms with Crippen LogP contribution in [-0.4, -0.2) is 42.3 Å². The quantitative estimate of drug-likeness (QED) is 0.439. The van der Waals surface area contributed by atoms with Crippen molar-refractivity contribution in [2.75, 3.05) is 25.7 Å². The van der Waals surface area contributed by atoms with Crippen LogP contribution in [0.5, 0.6) is 11.5 Å². The van der Waals surface area contributed by atoms with E-state index in [4.69, 9.17) is 15.2 Å². The molecule has 0 aliphatic heterocycles. The molecular formula is C13H15N5O3S2. The first kappa shape index (κ1) is 17.0. The van der Waals surface area contributed by atoms with Crippen molar-refractivity contribution in [3.63, 3.8) is 0 Å². The largest absolute Gasteiger partial charge is 0.493 e. The summed E-state index contributed by atoms with van der Waals surface area (Å²) in [5.41, 5.74) is 8.67. The number of nitrogen functional groups attached to an aromatic ring is 1. The summed E-state index contributed by atoms with van der Waals surface area (Å²) in [6.45, 7) is 0. The van der Waals surface area contributed by atoms with Crippen LogP contribution in [-0.2, 0) is 4.79 Å². The lowest BCUT2D eigenvalue weighted by atomic mass is 10.2. The molecule has 0 saturated heterocycles. The third-order valence-electron chi connectivity index (χ3n) is 2.56. The Bertz CT molecular complexity index is 705. The van der Waals surface area contributed by atoms with E-state index in [1.54, 1.807) is 32.4 Å². The van der Waals surface area contributed by atoms with Crippen molar-refractivity contribution in [2.45, 2.75) is 4.34 Å². The summed E-state index contributed by atoms with van der Waals surface area (Å²) in [5, 5.41) is 11.8. The molecule has 1 aromatic heterocycles. The number of rotatable bonds is 7. The highest BCUT2D eigenvalue weighted by atomic mass is 32.2. The molecule has 1 heterocycles. The summed E-state index contributed by atoms with van der Waals surface area (Å²) in [7, 11) is 3.12. The van der Waals surface area contributed by atoms with E-state index in [2.05, 4.69) is 20.7 Å². The van der Waals surface area contributed by atoms with E-state index < -0.39 is 0 Å². The molecule has 8 nitrogen and oxygen atoms in total. The van der Waals surface area contributed by atoms with Gasteiger partial charge in [-0.05, 0) is 23.8 Å². The van der Waals surface area contributed by atoms with Crippen LogP contribution in [0.2, 0.25) is 0 Å². The minimum Gasteiger partial charge on any atom is -0.493 e. The van der Waals surface area contributed by atoms with Gasteiger partial charge < -0.3 is 15.2 Å². The molecule has 0 radical (unpaired) electrons. The molecule has 0 atom stereocenters. The first-order chi connectivity index (χ1) is 11.1. The van der Waals surface area contributed by atoms with E-state index in [-0.39, 0.29) is 11.7 Å². The fraction of sp³-hybridized carbons (Fsp3) is 0.231. The molecule has 23 heavy (non-hydrogen) atoms. The van der Waals surface area contributed by atoms with Gasteiger partial charge in [0.2, 0.25) is 5.13 Å². The fourth-order valence-electron chi connectivity index (χ4n) is 1.55. The highest BCUT2D eigenvalue weighted by Gasteiger charge is 2.06. The molecule has 2 rings (SSSR count). The molecule has 3 N–H and O–H groups in total. The Kier molecular flexibility index (Phi) is 6.18. The van der Waals surface area contributed by atoms with Crippen LogP contribution in [0, 0.1) is 0 Å². The molecule has 2 aromatic rings. The standard InChI is InChI=1S/C13H15N5O3S2/c1-20-9-4-3-8(5-10(9)21-2)6-15-16-11(19)7-22-13-18-17-12(14)23-13/h3-6H,7H2,1-2H3,(H2,14,17)(H,16,19). The minimum atomic E-state index is -0.250. The summed E-state index contributed by atoms with van der Waals surface area (Å²) in [5.74, 6) is 1.15. The van der Waals surface area contributed by atoms with Gasteiger partial charge in [-0.25, -0.2) is 5.43 Å². The molecule has 0 fully saturated rings. The van der Waals surface area contributed by atoms with Crippen LogP contribution in [0.25, 0.3) is 0 Å². The maximum Gasteiger partial charge on any atom is 0.250 e. The van der Waals surface area contributed by atoms with Crippen LogP contribution in [0.1, 0.15) is 5.56 Å². The number of carbonyl (C=O) groups excluding carboxylic acids is 1. The van der Waals surface area contributed by atoms with Gasteiger partial charge in [0.1, 0.15) is 0 Å². The van der Waals surface area contributed by atoms with Crippen LogP contribution >= 0.6 is 23.1 Å². The number of nitrogens with one attached hydrogen (secondary N) is 1. The first-order valence-electron chi connectivity index (χ1n) is 6.38. The minimum absolute atomic E-state index is 0.178. The maximum absolute atomic E-state index is 11.7. The molecule has 0 unspecified atom stereocenters. The highest BCUT2D eigenvalue weighted by Crippen LogP contribution is 2.26. The monoisotopic (exact) mass is 353 g/mol. The smallest absolute Gasteiger partial charge is 0.250 e. The molecule has 0 aliphatic rings. The number of anilines is 1. The third-order valence-corrected chi connectivity index (χ3v) is 4.45. The number of aromatic nitrogens is 2. The van der Waals surface area contributed by atoms with E-state index in [9.17, 15) is 4.79 Å². The molecule has 1 amide bonds. The fourth-order valence-corrected chi connectivity index (χ4v) is 2.98. The van der Waals surface area contributed by atoms with Crippen molar-refractivity contribution in [3.8, 4) is 11.5 Å². The molecule has 122 valence electrons. The predicted octanol–water partition coefficient (Wildman–Crippen LogP) is 1.38. The van der Waals surface area contributed by atoms with Gasteiger partial charge in [0, 0.05) is 0 Å². The number of nitrogens with two attached hydrogens (primary N) is 1. The van der Waals surface area contributed by atoms with Crippen LogP contribution in [0.15, 0.2) is 27.6 Å². The molecule has 10 heteroatoms. The van der Waals surface area contributed by atoms with E-state index in [1.807, 2.05) is 0 Å². The van der Waals surface area contributed by atoms with Crippen molar-refractivity contribution in [1.29, 1.82) is 0 Å². The van der Waals surface area contributed by atoms with Gasteiger partial charge >= 0.3 is 0 Å². The molecular weight excluding hydrogens is 338 g/mol. The van der Waals surface area contributed by atoms with Crippen molar-refractivity contribution >= 4 is 40.4 Å². The number of hydrogen-bond acceptors (Lipinski definition) is 9. The Hall–Kier alpha value is -2.33. The van der Waals surface area contributed by atoms with Crippen LogP contribution in [0.3, 0.4) is 0 Å². The number of methoxy groups -OCH3 is 2. The molecule has 0 spiro atoms. The molecule has 0 bridgehead atoms. The van der Waals surface area contributed by atoms with E-state index in [1.165, 1.54) is 29.3 Å². The SMILES string of the molecule is COc1ccc(C=NNC(=O)CSc2nnc(N)s2)cc1OC. The Morgan fingerprint density at radius 1 is 1.39 bits per heavy atom. The molecule has 0 aliphatic carbocycles. The normalized spacial score (nSPS) is 10.7. The number of amides is 1. The van der Waals surface area contributed by atoms with Gasteiger partial charge in [-0.1, -0.05) is 23.1 Å². The maximum atomic E-state index is 11.7. The van der Waals surface area contributed by atoms with E-state index in [0.717, 1.165) is 5.56 Å². The van der Waals surface area contributed by atoms with Crippen molar-refractivity contribution in [1.82, 2.24) is 15.6 Å². The number of benzene rings is 1. The van der Waals surface area contributed by atoms with E-state index >= 15 is 0 Å². The zero-order valence-corrected chi connectivity index (χ0v) is 14.1. The number of hydrogen-bond donors (Lipinski definition) is 2. The van der Waals surface area contributed by atoms with Crippen LogP contribution in [0.4, 0.5) is 5.13 Å². The average molecular weight is 353 g/mol. The highest BCUT2D eigenvalue weighted by molar-refractivity contribution is 8.01. The summed E-state index contributed by atoms with van der Waals surface area (Å²) in [6, 6.07) is 5.32. The van der Waals surface area contributed by atoms with Crippen molar-refractivity contribution < 1.29 is 14.3 Å². The Morgan fingerprint density at radius 3 is 2.83 bits per heavy atom. The second-order valence-corrected chi connectivity index (χ2v) is 6.33. The Labute approximate surface area is 141 Å². The topological polar surface area (TPSA) is 112 Å². The summed E-state index contributed by atoms with van der Waals surface area (Å²) in [6.07, 6.45) is 1.52. The lowest BCUT2D eigenvalue weighted by Crippen LogP contribution is -2.19. The van der Waals surface area contributed by atoms with Gasteiger partial charge in [-0.2, -0.15) is 5.10 Å². The summed E-state index contributed by atoms with van der Waals surface area (Å²) < 4.78 is 11.0. The molecule has 0 saturated carbocycles. The van der Waals surface area contributed by atoms with Gasteiger partial charge in [-0.3, -0.25) is 4.79 Å². The van der Waals surface area contributed by atoms with Gasteiger partial charge in [0.25, 0.3) is 5.91 Å². The van der Waals surface area contributed by atoms with Gasteiger partial charge in [0.15, 0.2) is 15.8 Å². The Balaban J connectivity index is 1.84. The zero-order valence-electron chi connectivity index (χ0n) is 12.5. The third kappa shape index (κ3) is 5.11. The van der Waals surface area contributed by atoms with Crippen molar-refractivity contribution in [3.05, 3.63) is 23.8 Å². The lowest BCUT2D eigenvalue weighted by Gasteiger charge is -2.07. The number of nitrogens with zero attached hydrogens (tertiary/aromatic N) is 3. The number of carbonyl (C=O) groups is 1.